The predicted octanol–water partition coefficient (Wildman–Crippen LogP) is 5.22. The van der Waals surface area contributed by atoms with Crippen LogP contribution in [0.15, 0.2) is 36.4 Å². The Hall–Kier alpha value is -1.98. The van der Waals surface area contributed by atoms with Crippen LogP contribution >= 0.6 is 22.9 Å². The summed E-state index contributed by atoms with van der Waals surface area (Å²) >= 11 is 7.72. The Morgan fingerprint density at radius 2 is 2.17 bits per heavy atom. The molecule has 0 bridgehead atoms. The van der Waals surface area contributed by atoms with E-state index in [-0.39, 0.29) is 5.91 Å². The maximum atomic E-state index is 13.0. The lowest BCUT2D eigenvalue weighted by Gasteiger charge is -2.08. The van der Waals surface area contributed by atoms with Gasteiger partial charge in [-0.25, -0.2) is 9.37 Å². The molecule has 0 spiro atoms. The molecule has 122 valence electrons. The lowest BCUT2D eigenvalue weighted by Crippen LogP contribution is -2.14. The molecule has 2 aromatic carbocycles. The van der Waals surface area contributed by atoms with E-state index in [2.05, 4.69) is 10.3 Å². The molecular formula is C18H14ClFN2OS. The molecule has 1 heterocycles. The van der Waals surface area contributed by atoms with E-state index in [9.17, 15) is 9.18 Å². The summed E-state index contributed by atoms with van der Waals surface area (Å²) in [5.74, 6) is -0.804. The SMILES string of the molecule is Cc1cccc(Cl)c1-c1ccc2nc(NC(=O)[C@@H]3CC3F)sc2c1. The molecule has 1 unspecified atom stereocenters. The highest BCUT2D eigenvalue weighted by molar-refractivity contribution is 7.22. The fourth-order valence-corrected chi connectivity index (χ4v) is 4.00. The van der Waals surface area contributed by atoms with E-state index in [1.165, 1.54) is 11.3 Å². The maximum absolute atomic E-state index is 13.0. The van der Waals surface area contributed by atoms with Gasteiger partial charge in [0.25, 0.3) is 0 Å². The fourth-order valence-electron chi connectivity index (χ4n) is 2.76. The third kappa shape index (κ3) is 2.78. The van der Waals surface area contributed by atoms with Crippen LogP contribution in [-0.4, -0.2) is 17.1 Å². The highest BCUT2D eigenvalue weighted by Gasteiger charge is 2.43. The van der Waals surface area contributed by atoms with Gasteiger partial charge in [0, 0.05) is 10.6 Å². The first kappa shape index (κ1) is 15.5. The van der Waals surface area contributed by atoms with Crippen molar-refractivity contribution in [3.63, 3.8) is 0 Å². The summed E-state index contributed by atoms with van der Waals surface area (Å²) in [5.41, 5.74) is 3.91. The zero-order valence-electron chi connectivity index (χ0n) is 12.8. The van der Waals surface area contributed by atoms with Crippen LogP contribution in [0.1, 0.15) is 12.0 Å². The van der Waals surface area contributed by atoms with E-state index in [4.69, 9.17) is 11.6 Å². The van der Waals surface area contributed by atoms with Crippen molar-refractivity contribution in [2.75, 3.05) is 5.32 Å². The number of anilines is 1. The van der Waals surface area contributed by atoms with E-state index >= 15 is 0 Å². The first-order valence-corrected chi connectivity index (χ1v) is 8.83. The second-order valence-electron chi connectivity index (χ2n) is 5.98. The zero-order chi connectivity index (χ0) is 16.8. The van der Waals surface area contributed by atoms with Crippen molar-refractivity contribution in [3.05, 3.63) is 47.0 Å². The topological polar surface area (TPSA) is 42.0 Å². The van der Waals surface area contributed by atoms with Gasteiger partial charge in [0.1, 0.15) is 6.17 Å². The molecule has 1 aliphatic carbocycles. The molecule has 0 aliphatic heterocycles. The van der Waals surface area contributed by atoms with Crippen molar-refractivity contribution in [1.29, 1.82) is 0 Å². The molecule has 3 nitrogen and oxygen atoms in total. The van der Waals surface area contributed by atoms with Gasteiger partial charge in [-0.2, -0.15) is 0 Å². The molecule has 4 rings (SSSR count). The Kier molecular flexibility index (Phi) is 3.77. The average Bonchev–Trinajstić information content (AvgIpc) is 3.13. The third-order valence-corrected chi connectivity index (χ3v) is 5.43. The Morgan fingerprint density at radius 1 is 1.38 bits per heavy atom. The van der Waals surface area contributed by atoms with Crippen LogP contribution in [0, 0.1) is 12.8 Å². The largest absolute Gasteiger partial charge is 0.302 e. The summed E-state index contributed by atoms with van der Waals surface area (Å²) in [6.07, 6.45) is -0.693. The summed E-state index contributed by atoms with van der Waals surface area (Å²) in [6, 6.07) is 11.7. The van der Waals surface area contributed by atoms with E-state index < -0.39 is 12.1 Å². The molecule has 1 aliphatic rings. The fraction of sp³-hybridized carbons (Fsp3) is 0.222. The standard InChI is InChI=1S/C18H14ClFN2OS/c1-9-3-2-4-12(19)16(9)10-5-6-14-15(7-10)24-18(21-14)22-17(23)11-8-13(11)20/h2-7,11,13H,8H2,1H3,(H,21,22,23)/t11-,13?/m1/s1. The first-order chi connectivity index (χ1) is 11.5. The molecule has 0 radical (unpaired) electrons. The molecular weight excluding hydrogens is 347 g/mol. The van der Waals surface area contributed by atoms with Gasteiger partial charge in [0.2, 0.25) is 5.91 Å². The van der Waals surface area contributed by atoms with E-state index in [0.717, 1.165) is 26.9 Å². The number of hydrogen-bond acceptors (Lipinski definition) is 3. The van der Waals surface area contributed by atoms with Gasteiger partial charge in [-0.3, -0.25) is 4.79 Å². The molecule has 1 amide bonds. The predicted molar refractivity (Wildman–Crippen MR) is 96.4 cm³/mol. The summed E-state index contributed by atoms with van der Waals surface area (Å²) in [5, 5.41) is 3.91. The van der Waals surface area contributed by atoms with Crippen molar-refractivity contribution in [2.45, 2.75) is 19.5 Å². The molecule has 1 fully saturated rings. The number of alkyl halides is 1. The van der Waals surface area contributed by atoms with Gasteiger partial charge in [0.05, 0.1) is 16.1 Å². The second-order valence-corrected chi connectivity index (χ2v) is 7.42. The Balaban J connectivity index is 1.67. The van der Waals surface area contributed by atoms with Crippen LogP contribution in [0.5, 0.6) is 0 Å². The molecule has 3 aromatic rings. The van der Waals surface area contributed by atoms with Crippen molar-refractivity contribution in [3.8, 4) is 11.1 Å². The van der Waals surface area contributed by atoms with E-state index in [1.807, 2.05) is 43.3 Å². The van der Waals surface area contributed by atoms with Crippen LogP contribution in [-0.2, 0) is 4.79 Å². The zero-order valence-corrected chi connectivity index (χ0v) is 14.4. The third-order valence-electron chi connectivity index (χ3n) is 4.18. The van der Waals surface area contributed by atoms with Gasteiger partial charge in [-0.1, -0.05) is 41.1 Å². The number of fused-ring (bicyclic) bond motifs is 1. The van der Waals surface area contributed by atoms with Crippen molar-refractivity contribution >= 4 is 44.2 Å². The van der Waals surface area contributed by atoms with Crippen LogP contribution < -0.4 is 5.32 Å². The number of carbonyl (C=O) groups is 1. The number of aromatic nitrogens is 1. The normalized spacial score (nSPS) is 19.5. The quantitative estimate of drug-likeness (QED) is 0.695. The summed E-state index contributed by atoms with van der Waals surface area (Å²) in [4.78, 5) is 16.2. The highest BCUT2D eigenvalue weighted by atomic mass is 35.5. The van der Waals surface area contributed by atoms with E-state index in [1.54, 1.807) is 0 Å². The molecule has 6 heteroatoms. The number of amides is 1. The second kappa shape index (κ2) is 5.83. The minimum atomic E-state index is -1.01. The summed E-state index contributed by atoms with van der Waals surface area (Å²) in [7, 11) is 0. The van der Waals surface area contributed by atoms with Crippen molar-refractivity contribution in [1.82, 2.24) is 4.98 Å². The smallest absolute Gasteiger partial charge is 0.232 e. The molecule has 1 N–H and O–H groups in total. The maximum Gasteiger partial charge on any atom is 0.232 e. The van der Waals surface area contributed by atoms with Gasteiger partial charge in [-0.05, 0) is 42.7 Å². The van der Waals surface area contributed by atoms with Gasteiger partial charge < -0.3 is 5.32 Å². The average molecular weight is 361 g/mol. The monoisotopic (exact) mass is 360 g/mol. The minimum Gasteiger partial charge on any atom is -0.302 e. The van der Waals surface area contributed by atoms with Gasteiger partial charge in [-0.15, -0.1) is 0 Å². The Bertz CT molecular complexity index is 935. The van der Waals surface area contributed by atoms with Crippen molar-refractivity contribution < 1.29 is 9.18 Å². The molecule has 1 saturated carbocycles. The van der Waals surface area contributed by atoms with Crippen LogP contribution in [0.2, 0.25) is 5.02 Å². The molecule has 1 aromatic heterocycles. The van der Waals surface area contributed by atoms with Crippen molar-refractivity contribution in [2.24, 2.45) is 5.92 Å². The number of rotatable bonds is 3. The van der Waals surface area contributed by atoms with Gasteiger partial charge in [0.15, 0.2) is 5.13 Å². The number of carbonyl (C=O) groups excluding carboxylic acids is 1. The van der Waals surface area contributed by atoms with Crippen LogP contribution in [0.3, 0.4) is 0 Å². The minimum absolute atomic E-state index is 0.288. The van der Waals surface area contributed by atoms with Crippen LogP contribution in [0.4, 0.5) is 9.52 Å². The summed E-state index contributed by atoms with van der Waals surface area (Å²) in [6.45, 7) is 2.02. The number of nitrogens with one attached hydrogen (secondary N) is 1. The molecule has 2 atom stereocenters. The summed E-state index contributed by atoms with van der Waals surface area (Å²) < 4.78 is 13.9. The molecule has 24 heavy (non-hydrogen) atoms. The van der Waals surface area contributed by atoms with Gasteiger partial charge >= 0.3 is 0 Å². The number of benzene rings is 2. The highest BCUT2D eigenvalue weighted by Crippen LogP contribution is 2.37. The lowest BCUT2D eigenvalue weighted by molar-refractivity contribution is -0.117. The lowest BCUT2D eigenvalue weighted by atomic mass is 10.0. The number of aryl methyl sites for hydroxylation is 1. The number of thiazole rings is 1. The van der Waals surface area contributed by atoms with Crippen LogP contribution in [0.25, 0.3) is 21.3 Å². The number of hydrogen-bond donors (Lipinski definition) is 1. The molecule has 0 saturated heterocycles. The Morgan fingerprint density at radius 3 is 2.88 bits per heavy atom. The number of halogens is 2. The van der Waals surface area contributed by atoms with E-state index in [0.29, 0.717) is 16.6 Å². The first-order valence-electron chi connectivity index (χ1n) is 7.64. The number of nitrogens with zero attached hydrogens (tertiary/aromatic N) is 1. The Labute approximate surface area is 147 Å².